The first-order chi connectivity index (χ1) is 39.5. The fraction of sp³-hybridized carbons (Fsp3) is 0.450. The van der Waals surface area contributed by atoms with Gasteiger partial charge < -0.3 is 57.1 Å². The monoisotopic (exact) mass is 1300 g/mol. The first-order valence-electron chi connectivity index (χ1n) is 28.4. The van der Waals surface area contributed by atoms with E-state index >= 15 is 0 Å². The number of anilines is 5. The van der Waals surface area contributed by atoms with Crippen molar-refractivity contribution in [2.24, 2.45) is 23.5 Å². The summed E-state index contributed by atoms with van der Waals surface area (Å²) in [6.07, 6.45) is 14.1. The van der Waals surface area contributed by atoms with Gasteiger partial charge in [0.25, 0.3) is 0 Å². The summed E-state index contributed by atoms with van der Waals surface area (Å²) < 4.78 is 29.6. The van der Waals surface area contributed by atoms with Crippen LogP contribution in [-0.4, -0.2) is 113 Å². The van der Waals surface area contributed by atoms with Crippen LogP contribution < -0.4 is 39.2 Å². The molecule has 0 aliphatic carbocycles. The van der Waals surface area contributed by atoms with Crippen LogP contribution in [0, 0.1) is 17.8 Å². The molecule has 0 atom stereocenters. The number of benzene rings is 3. The lowest BCUT2D eigenvalue weighted by Crippen LogP contribution is -2.41. The number of rotatable bonds is 12. The number of nitrogens with two attached hydrogens (primary N) is 4. The zero-order valence-electron chi connectivity index (χ0n) is 47.9. The number of aromatic nitrogens is 7. The largest absolute Gasteiger partial charge is 0.513 e. The number of pyridine rings is 3. The molecule has 4 saturated heterocycles. The van der Waals surface area contributed by atoms with Gasteiger partial charge in [-0.25, -0.2) is 15.0 Å². The second-order valence-corrected chi connectivity index (χ2v) is 24.3. The molecule has 18 nitrogen and oxygen atoms in total. The third kappa shape index (κ3) is 19.1. The fourth-order valence-electron chi connectivity index (χ4n) is 10.1. The lowest BCUT2D eigenvalue weighted by Gasteiger charge is -2.32. The maximum absolute atomic E-state index is 6.02. The normalized spacial score (nSPS) is 16.9. The smallest absolute Gasteiger partial charge is 0.398 e. The number of H-pyrrole nitrogens is 2. The minimum absolute atomic E-state index is 0. The Morgan fingerprint density at radius 1 is 0.566 bits per heavy atom. The van der Waals surface area contributed by atoms with Crippen LogP contribution in [0.4, 0.5) is 28.8 Å². The molecular formula is C60H80BBr2Cl2N13O5. The highest BCUT2D eigenvalue weighted by molar-refractivity contribution is 9.10. The van der Waals surface area contributed by atoms with E-state index < -0.39 is 0 Å². The zero-order chi connectivity index (χ0) is 58.1. The Kier molecular flexibility index (Phi) is 24.9. The van der Waals surface area contributed by atoms with Crippen LogP contribution in [0.25, 0.3) is 44.0 Å². The number of hydrogen-bond donors (Lipinski definition) is 8. The van der Waals surface area contributed by atoms with Crippen LogP contribution in [0.15, 0.2) is 106 Å². The van der Waals surface area contributed by atoms with Gasteiger partial charge in [-0.1, -0.05) is 61.7 Å². The number of nitrogens with one attached hydrogen (secondary N) is 4. The highest BCUT2D eigenvalue weighted by Gasteiger charge is 2.52. The molecule has 4 fully saturated rings. The van der Waals surface area contributed by atoms with Crippen molar-refractivity contribution in [3.63, 3.8) is 0 Å². The number of ether oxygens (including phenoxy) is 3. The predicted molar refractivity (Wildman–Crippen MR) is 349 cm³/mol. The van der Waals surface area contributed by atoms with E-state index in [9.17, 15) is 0 Å². The molecule has 4 aliphatic rings. The summed E-state index contributed by atoms with van der Waals surface area (Å²) in [5.41, 5.74) is 29.9. The summed E-state index contributed by atoms with van der Waals surface area (Å²) in [6, 6.07) is 27.3. The van der Waals surface area contributed by atoms with Crippen LogP contribution in [0.3, 0.4) is 0 Å². The molecular weight excluding hydrogens is 1220 g/mol. The van der Waals surface area contributed by atoms with Crippen LogP contribution in [-0.2, 0) is 23.5 Å². The van der Waals surface area contributed by atoms with Gasteiger partial charge in [-0.15, -0.1) is 12.4 Å². The van der Waals surface area contributed by atoms with Gasteiger partial charge in [0, 0.05) is 119 Å². The summed E-state index contributed by atoms with van der Waals surface area (Å²) in [7, 11) is -0.331. The van der Waals surface area contributed by atoms with Crippen molar-refractivity contribution in [3.8, 4) is 11.3 Å². The van der Waals surface area contributed by atoms with Gasteiger partial charge in [0.2, 0.25) is 0 Å². The van der Waals surface area contributed by atoms with E-state index in [4.69, 9.17) is 58.1 Å². The van der Waals surface area contributed by atoms with E-state index in [0.29, 0.717) is 22.5 Å². The molecule has 446 valence electrons. The lowest BCUT2D eigenvalue weighted by molar-refractivity contribution is 0.00578. The number of nitrogens with zero attached hydrogens (tertiary/aromatic N) is 5. The van der Waals surface area contributed by atoms with Gasteiger partial charge in [-0.2, -0.15) is 10.2 Å². The number of aromatic amines is 2. The second kappa shape index (κ2) is 31.7. The second-order valence-electron chi connectivity index (χ2n) is 22.0. The van der Waals surface area contributed by atoms with Crippen molar-refractivity contribution < 1.29 is 23.5 Å². The maximum Gasteiger partial charge on any atom is 0.513 e. The molecule has 4 aliphatic heterocycles. The molecule has 83 heavy (non-hydrogen) atoms. The lowest BCUT2D eigenvalue weighted by atomic mass is 9.85. The van der Waals surface area contributed by atoms with E-state index in [1.165, 1.54) is 38.5 Å². The van der Waals surface area contributed by atoms with Gasteiger partial charge in [-0.05, 0) is 164 Å². The van der Waals surface area contributed by atoms with Gasteiger partial charge in [0.05, 0.1) is 44.1 Å². The molecule has 23 heteroatoms. The fourth-order valence-corrected chi connectivity index (χ4v) is 11.0. The Bertz CT molecular complexity index is 3230. The van der Waals surface area contributed by atoms with E-state index in [-0.39, 0.29) is 30.7 Å². The highest BCUT2D eigenvalue weighted by Crippen LogP contribution is 2.37. The molecule has 5 aromatic heterocycles. The van der Waals surface area contributed by atoms with E-state index in [0.717, 1.165) is 166 Å². The molecule has 0 spiro atoms. The van der Waals surface area contributed by atoms with Gasteiger partial charge in [0.15, 0.2) is 0 Å². The van der Waals surface area contributed by atoms with Crippen LogP contribution in [0.1, 0.15) is 85.5 Å². The molecule has 0 bridgehead atoms. The SMILES string of the molecule is CC1(C)OB(c2ccn[nH]2)OC1(C)C.Cl.NCCC1CCOCC1.Nc1cc(Cl)c2ccc(Br)cc2n1.Nc1cc(NCCC2CCOCC2)c2ccc(-c3ccn[nH]3)cc2n1.Nc1cc(NCCC2CCOCC2)c2ccc(Br)cc2n1. The molecule has 12 rings (SSSR count). The molecule has 9 heterocycles. The molecule has 12 N–H and O–H groups in total. The summed E-state index contributed by atoms with van der Waals surface area (Å²) in [6.45, 7) is 16.4. The summed E-state index contributed by atoms with van der Waals surface area (Å²) in [4.78, 5) is 13.0. The van der Waals surface area contributed by atoms with Crippen molar-refractivity contribution in [2.75, 3.05) is 87.1 Å². The van der Waals surface area contributed by atoms with Crippen molar-refractivity contribution in [3.05, 3.63) is 111 Å². The average Bonchev–Trinajstić information content (AvgIpc) is 4.48. The maximum atomic E-state index is 6.02. The number of nitrogen functional groups attached to an aromatic ring is 3. The predicted octanol–water partition coefficient (Wildman–Crippen LogP) is 12.4. The molecule has 3 aromatic carbocycles. The van der Waals surface area contributed by atoms with Crippen LogP contribution in [0.2, 0.25) is 5.02 Å². The first-order valence-corrected chi connectivity index (χ1v) is 30.3. The molecule has 8 aromatic rings. The summed E-state index contributed by atoms with van der Waals surface area (Å²) in [5, 5.41) is 24.5. The zero-order valence-corrected chi connectivity index (χ0v) is 52.6. The Morgan fingerprint density at radius 2 is 1.00 bits per heavy atom. The topological polar surface area (TPSA) is 270 Å². The van der Waals surface area contributed by atoms with Crippen molar-refractivity contribution in [1.82, 2.24) is 35.3 Å². The van der Waals surface area contributed by atoms with Crippen LogP contribution in [0.5, 0.6) is 0 Å². The minimum atomic E-state index is -0.331. The minimum Gasteiger partial charge on any atom is -0.398 e. The standard InChI is InChI=1S/C19H23N5O.C16H20BrN3O.C9H15BN2O2.C9H6BrClN2.C7H15NO.ClH/c20-19-12-17(21-7-3-13-5-9-25-10-6-13)15-2-1-14(11-18(15)23-19)16-4-8-22-24-16;17-12-1-2-13-14(10-16(18)20-15(13)9-12)19-6-3-11-4-7-21-8-5-11;1-8(2)9(3,4)14-10(13-8)7-5-6-11-12-7;10-5-1-2-6-7(11)4-9(12)13-8(6)3-5;8-4-1-7-2-5-9-6-3-7;/h1-2,4,8,11-13H,3,5-7,9-10H2,(H,22,24)(H3,20,21,23);1-2,9-11H,3-8H2,(H3,18,19,20);5-6H,1-4H3,(H,11,12);1-4H,(H2,12,13);7H,1-6,8H2;1H. The Hall–Kier alpha value is -5.33. The third-order valence-corrected chi connectivity index (χ3v) is 16.8. The number of fused-ring (bicyclic) bond motifs is 3. The summed E-state index contributed by atoms with van der Waals surface area (Å²) in [5.74, 6) is 3.89. The average molecular weight is 1300 g/mol. The van der Waals surface area contributed by atoms with Crippen molar-refractivity contribution in [1.29, 1.82) is 0 Å². The van der Waals surface area contributed by atoms with Crippen molar-refractivity contribution >= 4 is 130 Å². The molecule has 0 amide bonds. The Labute approximate surface area is 515 Å². The van der Waals surface area contributed by atoms with Crippen LogP contribution >= 0.6 is 55.9 Å². The van der Waals surface area contributed by atoms with Gasteiger partial charge in [-0.3, -0.25) is 10.2 Å². The van der Waals surface area contributed by atoms with Gasteiger partial charge >= 0.3 is 7.12 Å². The summed E-state index contributed by atoms with van der Waals surface area (Å²) >= 11 is 12.8. The number of hydrogen-bond acceptors (Lipinski definition) is 16. The van der Waals surface area contributed by atoms with Gasteiger partial charge in [0.1, 0.15) is 17.5 Å². The first kappa shape index (κ1) is 65.2. The molecule has 0 radical (unpaired) electrons. The van der Waals surface area contributed by atoms with E-state index in [2.05, 4.69) is 96.0 Å². The van der Waals surface area contributed by atoms with E-state index in [1.54, 1.807) is 18.5 Å². The molecule has 0 saturated carbocycles. The number of halogens is 4. The third-order valence-electron chi connectivity index (χ3n) is 15.5. The quantitative estimate of drug-likeness (QED) is 0.0528. The molecule has 0 unspecified atom stereocenters. The van der Waals surface area contributed by atoms with E-state index in [1.807, 2.05) is 88.4 Å². The Balaban J connectivity index is 0.000000155. The van der Waals surface area contributed by atoms with Crippen molar-refractivity contribution in [2.45, 2.75) is 96.7 Å². The highest BCUT2D eigenvalue weighted by atomic mass is 79.9. The Morgan fingerprint density at radius 3 is 1.47 bits per heavy atom.